The van der Waals surface area contributed by atoms with E-state index in [0.717, 1.165) is 12.1 Å². The van der Waals surface area contributed by atoms with Crippen molar-refractivity contribution in [3.05, 3.63) is 83.9 Å². The molecule has 0 aromatic heterocycles. The van der Waals surface area contributed by atoms with E-state index in [2.05, 4.69) is 6.08 Å². The van der Waals surface area contributed by atoms with E-state index in [1.807, 2.05) is 81.5 Å². The predicted molar refractivity (Wildman–Crippen MR) is 168 cm³/mol. The van der Waals surface area contributed by atoms with E-state index in [9.17, 15) is 19.5 Å². The van der Waals surface area contributed by atoms with Gasteiger partial charge < -0.3 is 19.8 Å². The van der Waals surface area contributed by atoms with Crippen LogP contribution < -0.4 is 9.80 Å². The largest absolute Gasteiger partial charge is 0.394 e. The second-order valence-corrected chi connectivity index (χ2v) is 14.1. The van der Waals surface area contributed by atoms with Gasteiger partial charge in [0.25, 0.3) is 5.91 Å². The molecular formula is C33H36ClN3O4S. The predicted octanol–water partition coefficient (Wildman–Crippen LogP) is 4.94. The summed E-state index contributed by atoms with van der Waals surface area (Å²) >= 11 is 8.13. The Morgan fingerprint density at radius 1 is 0.929 bits per heavy atom. The molecule has 1 spiro atoms. The summed E-state index contributed by atoms with van der Waals surface area (Å²) in [5.74, 6) is -2.20. The quantitative estimate of drug-likeness (QED) is 0.472. The second kappa shape index (κ2) is 10.9. The number of halogens is 1. The molecule has 220 valence electrons. The van der Waals surface area contributed by atoms with E-state index in [-0.39, 0.29) is 36.8 Å². The number of benzene rings is 2. The second-order valence-electron chi connectivity index (χ2n) is 11.9. The first-order valence-corrected chi connectivity index (χ1v) is 15.8. The van der Waals surface area contributed by atoms with E-state index in [1.54, 1.807) is 38.6 Å². The first kappa shape index (κ1) is 29.0. The van der Waals surface area contributed by atoms with E-state index in [0.29, 0.717) is 17.3 Å². The molecule has 6 rings (SSSR count). The normalized spacial score (nSPS) is 31.9. The Kier molecular flexibility index (Phi) is 7.52. The van der Waals surface area contributed by atoms with Gasteiger partial charge in [0.05, 0.1) is 39.9 Å². The fourth-order valence-corrected chi connectivity index (χ4v) is 9.74. The van der Waals surface area contributed by atoms with Crippen LogP contribution in [-0.2, 0) is 14.4 Å². The van der Waals surface area contributed by atoms with Gasteiger partial charge in [0.2, 0.25) is 11.8 Å². The molecule has 4 aliphatic rings. The van der Waals surface area contributed by atoms with Crippen LogP contribution >= 0.6 is 23.4 Å². The minimum Gasteiger partial charge on any atom is -0.394 e. The highest BCUT2D eigenvalue weighted by molar-refractivity contribution is 8.02. The minimum atomic E-state index is -1.01. The van der Waals surface area contributed by atoms with E-state index in [1.165, 1.54) is 0 Å². The van der Waals surface area contributed by atoms with E-state index in [4.69, 9.17) is 11.6 Å². The first-order valence-electron chi connectivity index (χ1n) is 14.6. The number of hydrogen-bond donors (Lipinski definition) is 1. The monoisotopic (exact) mass is 605 g/mol. The number of rotatable bonds is 6. The molecule has 4 aliphatic heterocycles. The summed E-state index contributed by atoms with van der Waals surface area (Å²) in [5, 5.41) is 11.1. The molecule has 9 heteroatoms. The highest BCUT2D eigenvalue weighted by atomic mass is 35.5. The molecule has 4 heterocycles. The lowest BCUT2D eigenvalue weighted by molar-refractivity contribution is -0.143. The molecule has 7 atom stereocenters. The number of fused-ring (bicyclic) bond motifs is 2. The van der Waals surface area contributed by atoms with Gasteiger partial charge in [-0.25, -0.2) is 0 Å². The summed E-state index contributed by atoms with van der Waals surface area (Å²) < 4.78 is -1.73. The molecule has 0 bridgehead atoms. The van der Waals surface area contributed by atoms with Gasteiger partial charge in [-0.1, -0.05) is 86.5 Å². The number of thioether (sulfide) groups is 1. The van der Waals surface area contributed by atoms with Crippen molar-refractivity contribution in [2.45, 2.75) is 48.8 Å². The molecule has 42 heavy (non-hydrogen) atoms. The number of anilines is 2. The Morgan fingerprint density at radius 2 is 1.60 bits per heavy atom. The maximum Gasteiger partial charge on any atom is 0.251 e. The SMILES string of the molecule is CC[C@H](C)[C@H](CO)N1C(=O)[C@@H]2[C@@H]3C(=O)N(c4ccccc4)CC=C[C@]3(C)S[C@@]23C=CCN(c2ccccc2Cl)C(=O)C13. The van der Waals surface area contributed by atoms with E-state index < -0.39 is 33.4 Å². The lowest BCUT2D eigenvalue weighted by Crippen LogP contribution is -2.58. The smallest absolute Gasteiger partial charge is 0.251 e. The van der Waals surface area contributed by atoms with Gasteiger partial charge in [-0.05, 0) is 37.1 Å². The first-order chi connectivity index (χ1) is 20.2. The van der Waals surface area contributed by atoms with Crippen molar-refractivity contribution in [1.29, 1.82) is 0 Å². The summed E-state index contributed by atoms with van der Waals surface area (Å²) in [7, 11) is 0. The molecule has 2 saturated heterocycles. The third kappa shape index (κ3) is 4.25. The number of carbonyl (C=O) groups excluding carboxylic acids is 3. The highest BCUT2D eigenvalue weighted by Gasteiger charge is 2.74. The zero-order valence-corrected chi connectivity index (χ0v) is 25.6. The van der Waals surface area contributed by atoms with Gasteiger partial charge in [0.15, 0.2) is 0 Å². The van der Waals surface area contributed by atoms with Crippen LogP contribution in [-0.4, -0.2) is 69.0 Å². The van der Waals surface area contributed by atoms with E-state index >= 15 is 0 Å². The van der Waals surface area contributed by atoms with Crippen molar-refractivity contribution in [3.63, 3.8) is 0 Å². The number of para-hydroxylation sites is 2. The summed E-state index contributed by atoms with van der Waals surface area (Å²) in [6.07, 6.45) is 8.71. The average Bonchev–Trinajstić information content (AvgIpc) is 3.25. The van der Waals surface area contributed by atoms with Crippen LogP contribution in [0.1, 0.15) is 27.2 Å². The molecule has 2 fully saturated rings. The minimum absolute atomic E-state index is 0.0643. The molecule has 1 N–H and O–H groups in total. The Balaban J connectivity index is 1.52. The van der Waals surface area contributed by atoms with Crippen LogP contribution in [0.25, 0.3) is 0 Å². The van der Waals surface area contributed by atoms with Crippen molar-refractivity contribution >= 4 is 52.5 Å². The fourth-order valence-electron chi connectivity index (χ4n) is 7.36. The lowest BCUT2D eigenvalue weighted by atomic mass is 9.74. The van der Waals surface area contributed by atoms with Gasteiger partial charge in [-0.15, -0.1) is 11.8 Å². The third-order valence-corrected chi connectivity index (χ3v) is 11.7. The highest BCUT2D eigenvalue weighted by Crippen LogP contribution is 2.66. The topological polar surface area (TPSA) is 81.2 Å². The molecule has 0 saturated carbocycles. The van der Waals surface area contributed by atoms with Crippen molar-refractivity contribution < 1.29 is 19.5 Å². The summed E-state index contributed by atoms with van der Waals surface area (Å²) in [5.41, 5.74) is 1.34. The zero-order valence-electron chi connectivity index (χ0n) is 24.0. The summed E-state index contributed by atoms with van der Waals surface area (Å²) in [6.45, 7) is 6.42. The Bertz CT molecular complexity index is 1470. The molecule has 2 aromatic carbocycles. The Labute approximate surface area is 256 Å². The third-order valence-electron chi connectivity index (χ3n) is 9.55. The molecule has 1 unspecified atom stereocenters. The van der Waals surface area contributed by atoms with Crippen molar-refractivity contribution in [2.24, 2.45) is 17.8 Å². The van der Waals surface area contributed by atoms with Gasteiger partial charge in [-0.3, -0.25) is 14.4 Å². The number of amides is 3. The van der Waals surface area contributed by atoms with Gasteiger partial charge in [-0.2, -0.15) is 0 Å². The fraction of sp³-hybridized carbons (Fsp3) is 0.424. The lowest BCUT2D eigenvalue weighted by Gasteiger charge is -2.41. The Morgan fingerprint density at radius 3 is 2.29 bits per heavy atom. The average molecular weight is 606 g/mol. The Hall–Kier alpha value is -3.07. The van der Waals surface area contributed by atoms with Crippen LogP contribution in [0.2, 0.25) is 5.02 Å². The zero-order chi connectivity index (χ0) is 29.8. The number of hydrogen-bond acceptors (Lipinski definition) is 5. The molecule has 0 radical (unpaired) electrons. The molecular weight excluding hydrogens is 570 g/mol. The molecule has 0 aliphatic carbocycles. The number of carbonyl (C=O) groups is 3. The summed E-state index contributed by atoms with van der Waals surface area (Å²) in [4.78, 5) is 49.1. The van der Waals surface area contributed by atoms with Gasteiger partial charge in [0.1, 0.15) is 6.04 Å². The van der Waals surface area contributed by atoms with Crippen LogP contribution in [0.4, 0.5) is 11.4 Å². The molecule has 7 nitrogen and oxygen atoms in total. The molecule has 3 amide bonds. The van der Waals surface area contributed by atoms with Crippen LogP contribution in [0.15, 0.2) is 78.9 Å². The van der Waals surface area contributed by atoms with Crippen molar-refractivity contribution in [2.75, 3.05) is 29.5 Å². The van der Waals surface area contributed by atoms with Gasteiger partial charge in [0, 0.05) is 23.5 Å². The maximum absolute atomic E-state index is 14.8. The molecule has 2 aromatic rings. The standard InChI is InChI=1S/C33H36ClN3O4S/c1-4-21(2)25(20-38)37-28-31(41)36(24-15-9-8-14-23(24)34)19-11-17-33(28)27(30(37)40)26-29(39)35(22-12-6-5-7-13-22)18-10-16-32(26,3)42-33/h5-17,21,25-28,38H,4,18-20H2,1-3H3/t21-,25-,26+,27-,28?,32-,33-/m0/s1. The van der Waals surface area contributed by atoms with Crippen molar-refractivity contribution in [1.82, 2.24) is 4.90 Å². The van der Waals surface area contributed by atoms with Crippen LogP contribution in [0, 0.1) is 17.8 Å². The number of likely N-dealkylation sites (tertiary alicyclic amines) is 1. The van der Waals surface area contributed by atoms with Crippen LogP contribution in [0.5, 0.6) is 0 Å². The number of aliphatic hydroxyl groups excluding tert-OH is 1. The number of aliphatic hydroxyl groups is 1. The van der Waals surface area contributed by atoms with Gasteiger partial charge >= 0.3 is 0 Å². The van der Waals surface area contributed by atoms with Crippen LogP contribution in [0.3, 0.4) is 0 Å². The summed E-state index contributed by atoms with van der Waals surface area (Å²) in [6, 6.07) is 15.2. The number of nitrogens with zero attached hydrogens (tertiary/aromatic N) is 3. The maximum atomic E-state index is 14.8. The van der Waals surface area contributed by atoms with Crippen molar-refractivity contribution in [3.8, 4) is 0 Å².